The number of hydrogen-bond acceptors (Lipinski definition) is 3. The number of benzene rings is 1. The highest BCUT2D eigenvalue weighted by Gasteiger charge is 2.26. The highest BCUT2D eigenvalue weighted by Crippen LogP contribution is 2.27. The first-order chi connectivity index (χ1) is 10.1. The molecule has 0 saturated heterocycles. The molecule has 0 aliphatic carbocycles. The molecule has 1 unspecified atom stereocenters. The first-order valence-corrected chi connectivity index (χ1v) is 7.39. The van der Waals surface area contributed by atoms with Gasteiger partial charge in [0, 0.05) is 38.2 Å². The van der Waals surface area contributed by atoms with Crippen LogP contribution in [0.2, 0.25) is 0 Å². The molecule has 122 valence electrons. The molecule has 0 fully saturated rings. The Morgan fingerprint density at radius 1 is 1.41 bits per heavy atom. The van der Waals surface area contributed by atoms with Crippen molar-refractivity contribution in [3.05, 3.63) is 29.8 Å². The van der Waals surface area contributed by atoms with Gasteiger partial charge < -0.3 is 15.5 Å². The van der Waals surface area contributed by atoms with Gasteiger partial charge in [0.2, 0.25) is 11.8 Å². The Balaban J connectivity index is 0.00000242. The monoisotopic (exact) mass is 325 g/mol. The number of amides is 2. The Morgan fingerprint density at radius 2 is 2.14 bits per heavy atom. The lowest BCUT2D eigenvalue weighted by atomic mass is 9.89. The summed E-state index contributed by atoms with van der Waals surface area (Å²) in [6, 6.07) is 7.84. The SMILES string of the molecule is CNCCN(C)C(=O)CCC1Cc2ccccc2NC1=O.Cl. The summed E-state index contributed by atoms with van der Waals surface area (Å²) in [6.07, 6.45) is 1.73. The van der Waals surface area contributed by atoms with Crippen LogP contribution in [0.4, 0.5) is 5.69 Å². The van der Waals surface area contributed by atoms with E-state index in [1.165, 1.54) is 0 Å². The molecule has 1 aliphatic heterocycles. The molecule has 0 bridgehead atoms. The number of hydrogen-bond donors (Lipinski definition) is 2. The molecule has 2 N–H and O–H groups in total. The van der Waals surface area contributed by atoms with Gasteiger partial charge in [0.15, 0.2) is 0 Å². The van der Waals surface area contributed by atoms with E-state index in [2.05, 4.69) is 10.6 Å². The zero-order valence-corrected chi connectivity index (χ0v) is 13.9. The number of rotatable bonds is 6. The van der Waals surface area contributed by atoms with Crippen LogP contribution in [0.15, 0.2) is 24.3 Å². The molecule has 0 spiro atoms. The van der Waals surface area contributed by atoms with Crippen LogP contribution in [0.1, 0.15) is 18.4 Å². The van der Waals surface area contributed by atoms with Crippen LogP contribution in [0.3, 0.4) is 0 Å². The summed E-state index contributed by atoms with van der Waals surface area (Å²) in [5.74, 6) is 0.0119. The van der Waals surface area contributed by atoms with Gasteiger partial charge in [0.05, 0.1) is 0 Å². The van der Waals surface area contributed by atoms with E-state index in [4.69, 9.17) is 0 Å². The Labute approximate surface area is 137 Å². The van der Waals surface area contributed by atoms with Crippen molar-refractivity contribution in [2.75, 3.05) is 32.5 Å². The fourth-order valence-corrected chi connectivity index (χ4v) is 2.54. The van der Waals surface area contributed by atoms with Gasteiger partial charge in [-0.2, -0.15) is 0 Å². The number of nitrogens with one attached hydrogen (secondary N) is 2. The molecule has 1 aromatic rings. The van der Waals surface area contributed by atoms with Crippen molar-refractivity contribution in [1.82, 2.24) is 10.2 Å². The molecule has 5 nitrogen and oxygen atoms in total. The van der Waals surface area contributed by atoms with Gasteiger partial charge in [-0.15, -0.1) is 12.4 Å². The van der Waals surface area contributed by atoms with Gasteiger partial charge in [-0.3, -0.25) is 9.59 Å². The van der Waals surface area contributed by atoms with Crippen molar-refractivity contribution in [3.63, 3.8) is 0 Å². The highest BCUT2D eigenvalue weighted by molar-refractivity contribution is 5.96. The lowest BCUT2D eigenvalue weighted by molar-refractivity contribution is -0.130. The normalized spacial score (nSPS) is 16.3. The first-order valence-electron chi connectivity index (χ1n) is 7.39. The maximum atomic E-state index is 12.1. The molecule has 22 heavy (non-hydrogen) atoms. The number of nitrogens with zero attached hydrogens (tertiary/aromatic N) is 1. The fourth-order valence-electron chi connectivity index (χ4n) is 2.54. The van der Waals surface area contributed by atoms with Gasteiger partial charge in [-0.25, -0.2) is 0 Å². The Kier molecular flexibility index (Phi) is 7.35. The Bertz CT molecular complexity index is 522. The molecule has 1 heterocycles. The number of likely N-dealkylation sites (N-methyl/N-ethyl adjacent to an activating group) is 2. The molecular formula is C16H24ClN3O2. The molecule has 2 amide bonds. The first kappa shape index (κ1) is 18.5. The standard InChI is InChI=1S/C16H23N3O2.ClH/c1-17-9-10-19(2)15(20)8-7-13-11-12-5-3-4-6-14(12)18-16(13)21;/h3-6,13,17H,7-11H2,1-2H3,(H,18,21);1H. The minimum absolute atomic E-state index is 0. The van der Waals surface area contributed by atoms with Gasteiger partial charge in [0.1, 0.15) is 0 Å². The lowest BCUT2D eigenvalue weighted by Gasteiger charge is -2.25. The van der Waals surface area contributed by atoms with Crippen LogP contribution in [-0.4, -0.2) is 43.9 Å². The zero-order chi connectivity index (χ0) is 15.2. The zero-order valence-electron chi connectivity index (χ0n) is 13.1. The second kappa shape index (κ2) is 8.76. The lowest BCUT2D eigenvalue weighted by Crippen LogP contribution is -2.34. The molecule has 0 radical (unpaired) electrons. The number of fused-ring (bicyclic) bond motifs is 1. The smallest absolute Gasteiger partial charge is 0.227 e. The summed E-state index contributed by atoms with van der Waals surface area (Å²) in [5, 5.41) is 5.94. The Hall–Kier alpha value is -1.59. The van der Waals surface area contributed by atoms with Crippen LogP contribution in [0.5, 0.6) is 0 Å². The predicted molar refractivity (Wildman–Crippen MR) is 90.3 cm³/mol. The third-order valence-corrected chi connectivity index (χ3v) is 3.94. The average Bonchev–Trinajstić information content (AvgIpc) is 2.50. The highest BCUT2D eigenvalue weighted by atomic mass is 35.5. The maximum absolute atomic E-state index is 12.1. The summed E-state index contributed by atoms with van der Waals surface area (Å²) in [5.41, 5.74) is 2.05. The molecule has 0 aromatic heterocycles. The Morgan fingerprint density at radius 3 is 2.86 bits per heavy atom. The van der Waals surface area contributed by atoms with E-state index in [0.29, 0.717) is 19.4 Å². The number of halogens is 1. The molecule has 2 rings (SSSR count). The van der Waals surface area contributed by atoms with E-state index in [0.717, 1.165) is 24.2 Å². The van der Waals surface area contributed by atoms with Crippen molar-refractivity contribution in [3.8, 4) is 0 Å². The molecule has 0 saturated carbocycles. The second-order valence-electron chi connectivity index (χ2n) is 5.50. The molecule has 6 heteroatoms. The molecule has 1 atom stereocenters. The van der Waals surface area contributed by atoms with Crippen LogP contribution in [0, 0.1) is 5.92 Å². The van der Waals surface area contributed by atoms with Crippen LogP contribution in [-0.2, 0) is 16.0 Å². The summed E-state index contributed by atoms with van der Waals surface area (Å²) in [7, 11) is 3.66. The van der Waals surface area contributed by atoms with E-state index in [9.17, 15) is 9.59 Å². The van der Waals surface area contributed by atoms with Crippen molar-refractivity contribution in [1.29, 1.82) is 0 Å². The van der Waals surface area contributed by atoms with Gasteiger partial charge in [-0.1, -0.05) is 18.2 Å². The van der Waals surface area contributed by atoms with E-state index < -0.39 is 0 Å². The number of carbonyl (C=O) groups is 2. The third-order valence-electron chi connectivity index (χ3n) is 3.94. The van der Waals surface area contributed by atoms with E-state index in [-0.39, 0.29) is 30.1 Å². The van der Waals surface area contributed by atoms with E-state index in [1.807, 2.05) is 31.3 Å². The van der Waals surface area contributed by atoms with Crippen LogP contribution >= 0.6 is 12.4 Å². The molecule has 1 aliphatic rings. The summed E-state index contributed by atoms with van der Waals surface area (Å²) in [6.45, 7) is 1.47. The number of carbonyl (C=O) groups excluding carboxylic acids is 2. The molecule has 1 aromatic carbocycles. The van der Waals surface area contributed by atoms with Crippen LogP contribution in [0.25, 0.3) is 0 Å². The van der Waals surface area contributed by atoms with Crippen LogP contribution < -0.4 is 10.6 Å². The summed E-state index contributed by atoms with van der Waals surface area (Å²) in [4.78, 5) is 25.8. The third kappa shape index (κ3) is 4.71. The van der Waals surface area contributed by atoms with Gasteiger partial charge >= 0.3 is 0 Å². The molecular weight excluding hydrogens is 302 g/mol. The van der Waals surface area contributed by atoms with Crippen molar-refractivity contribution >= 4 is 29.9 Å². The number of para-hydroxylation sites is 1. The minimum atomic E-state index is -0.110. The largest absolute Gasteiger partial charge is 0.344 e. The van der Waals surface area contributed by atoms with E-state index >= 15 is 0 Å². The van der Waals surface area contributed by atoms with Crippen molar-refractivity contribution in [2.45, 2.75) is 19.3 Å². The van der Waals surface area contributed by atoms with Gasteiger partial charge in [0.25, 0.3) is 0 Å². The second-order valence-corrected chi connectivity index (χ2v) is 5.50. The summed E-state index contributed by atoms with van der Waals surface area (Å²) < 4.78 is 0. The average molecular weight is 326 g/mol. The van der Waals surface area contributed by atoms with Crippen molar-refractivity contribution in [2.24, 2.45) is 5.92 Å². The van der Waals surface area contributed by atoms with E-state index in [1.54, 1.807) is 11.9 Å². The summed E-state index contributed by atoms with van der Waals surface area (Å²) >= 11 is 0. The minimum Gasteiger partial charge on any atom is -0.344 e. The van der Waals surface area contributed by atoms with Gasteiger partial charge in [-0.05, 0) is 31.5 Å². The fraction of sp³-hybridized carbons (Fsp3) is 0.500. The van der Waals surface area contributed by atoms with Crippen molar-refractivity contribution < 1.29 is 9.59 Å². The topological polar surface area (TPSA) is 61.4 Å². The predicted octanol–water partition coefficient (Wildman–Crippen LogP) is 1.68. The quantitative estimate of drug-likeness (QED) is 0.836. The maximum Gasteiger partial charge on any atom is 0.227 e. The number of anilines is 1.